The van der Waals surface area contributed by atoms with Gasteiger partial charge in [-0.1, -0.05) is 30.3 Å². The first kappa shape index (κ1) is 18.5. The molecule has 1 fully saturated rings. The zero-order valence-corrected chi connectivity index (χ0v) is 16.1. The molecule has 6 nitrogen and oxygen atoms in total. The van der Waals surface area contributed by atoms with Crippen LogP contribution >= 0.6 is 0 Å². The van der Waals surface area contributed by atoms with Crippen molar-refractivity contribution < 1.29 is 19.4 Å². The van der Waals surface area contributed by atoms with Crippen LogP contribution in [0.15, 0.2) is 48.5 Å². The van der Waals surface area contributed by atoms with E-state index in [-0.39, 0.29) is 25.0 Å². The number of amides is 1. The number of carboxylic acid groups (broad SMARTS) is 1. The van der Waals surface area contributed by atoms with Gasteiger partial charge in [0, 0.05) is 36.7 Å². The maximum absolute atomic E-state index is 13.2. The molecule has 1 saturated heterocycles. The van der Waals surface area contributed by atoms with Crippen molar-refractivity contribution in [2.75, 3.05) is 33.8 Å². The number of fused-ring (bicyclic) bond motifs is 3. The second-order valence-electron chi connectivity index (χ2n) is 7.96. The second kappa shape index (κ2) is 6.95. The first-order valence-electron chi connectivity index (χ1n) is 9.39. The number of likely N-dealkylation sites (tertiary alicyclic amines) is 1. The molecule has 2 aromatic carbocycles. The lowest BCUT2D eigenvalue weighted by Gasteiger charge is -2.35. The monoisotopic (exact) mass is 380 g/mol. The average Bonchev–Trinajstić information content (AvgIpc) is 3.09. The van der Waals surface area contributed by atoms with E-state index < -0.39 is 11.4 Å². The lowest BCUT2D eigenvalue weighted by atomic mass is 9.73. The molecule has 0 bridgehead atoms. The van der Waals surface area contributed by atoms with Crippen LogP contribution in [0.3, 0.4) is 0 Å². The molecular weight excluding hydrogens is 356 g/mol. The zero-order chi connectivity index (χ0) is 19.9. The van der Waals surface area contributed by atoms with Gasteiger partial charge in [0.1, 0.15) is 17.8 Å². The predicted octanol–water partition coefficient (Wildman–Crippen LogP) is 2.45. The summed E-state index contributed by atoms with van der Waals surface area (Å²) in [5.74, 6) is -0.604. The highest BCUT2D eigenvalue weighted by Crippen LogP contribution is 2.49. The highest BCUT2D eigenvalue weighted by atomic mass is 16.5. The number of carboxylic acids is 1. The third kappa shape index (κ3) is 3.03. The van der Waals surface area contributed by atoms with E-state index in [0.717, 1.165) is 17.7 Å². The largest absolute Gasteiger partial charge is 0.492 e. The minimum Gasteiger partial charge on any atom is -0.492 e. The molecule has 146 valence electrons. The summed E-state index contributed by atoms with van der Waals surface area (Å²) in [4.78, 5) is 29.1. The van der Waals surface area contributed by atoms with E-state index in [4.69, 9.17) is 4.74 Å². The summed E-state index contributed by atoms with van der Waals surface area (Å²) < 4.78 is 5.77. The van der Waals surface area contributed by atoms with Crippen LogP contribution in [-0.4, -0.2) is 60.6 Å². The first-order chi connectivity index (χ1) is 13.4. The summed E-state index contributed by atoms with van der Waals surface area (Å²) in [6.07, 6.45) is 0. The number of benzene rings is 2. The van der Waals surface area contributed by atoms with Gasteiger partial charge >= 0.3 is 5.97 Å². The quantitative estimate of drug-likeness (QED) is 0.882. The van der Waals surface area contributed by atoms with Crippen LogP contribution < -0.4 is 4.74 Å². The molecule has 2 heterocycles. The van der Waals surface area contributed by atoms with Gasteiger partial charge in [-0.2, -0.15) is 0 Å². The fraction of sp³-hybridized carbons (Fsp3) is 0.364. The Kier molecular flexibility index (Phi) is 4.59. The Labute approximate surface area is 164 Å². The molecular formula is C22H24N2O4. The molecule has 2 aromatic rings. The first-order valence-corrected chi connectivity index (χ1v) is 9.39. The Balaban J connectivity index is 1.65. The standard InChI is InChI=1S/C22H24N2O4/c1-23(2)11-15-6-5-7-16(10-15)20(25)24-12-18-17-8-3-4-9-19(17)28-14-22(18,13-24)21(26)27/h3-10,18H,11-14H2,1-2H3,(H,26,27)/t18?,22-/m1/s1. The van der Waals surface area contributed by atoms with Crippen LogP contribution in [0.4, 0.5) is 0 Å². The summed E-state index contributed by atoms with van der Waals surface area (Å²) in [7, 11) is 3.96. The molecule has 0 saturated carbocycles. The van der Waals surface area contributed by atoms with Crippen molar-refractivity contribution in [3.8, 4) is 5.75 Å². The number of nitrogens with zero attached hydrogens (tertiary/aromatic N) is 2. The number of carbonyl (C=O) groups is 2. The van der Waals surface area contributed by atoms with E-state index in [1.807, 2.05) is 61.5 Å². The highest BCUT2D eigenvalue weighted by molar-refractivity contribution is 5.95. The summed E-state index contributed by atoms with van der Waals surface area (Å²) >= 11 is 0. The van der Waals surface area contributed by atoms with Crippen molar-refractivity contribution in [2.24, 2.45) is 5.41 Å². The van der Waals surface area contributed by atoms with E-state index in [1.54, 1.807) is 11.0 Å². The van der Waals surface area contributed by atoms with Gasteiger partial charge in [-0.15, -0.1) is 0 Å². The van der Waals surface area contributed by atoms with E-state index in [9.17, 15) is 14.7 Å². The van der Waals surface area contributed by atoms with Gasteiger partial charge in [-0.05, 0) is 37.9 Å². The van der Waals surface area contributed by atoms with Crippen LogP contribution in [0.25, 0.3) is 0 Å². The second-order valence-corrected chi connectivity index (χ2v) is 7.96. The molecule has 1 amide bonds. The van der Waals surface area contributed by atoms with Gasteiger partial charge in [0.15, 0.2) is 0 Å². The van der Waals surface area contributed by atoms with Crippen LogP contribution in [0.2, 0.25) is 0 Å². The Morgan fingerprint density at radius 1 is 1.21 bits per heavy atom. The number of rotatable bonds is 4. The number of hydrogen-bond acceptors (Lipinski definition) is 4. The van der Waals surface area contributed by atoms with Crippen molar-refractivity contribution in [2.45, 2.75) is 12.5 Å². The van der Waals surface area contributed by atoms with Gasteiger partial charge in [0.25, 0.3) is 5.91 Å². The molecule has 6 heteroatoms. The van der Waals surface area contributed by atoms with Crippen molar-refractivity contribution in [1.29, 1.82) is 0 Å². The number of carbonyl (C=O) groups excluding carboxylic acids is 1. The summed E-state index contributed by atoms with van der Waals surface area (Å²) in [5, 5.41) is 10.0. The third-order valence-electron chi connectivity index (χ3n) is 5.71. The Bertz CT molecular complexity index is 926. The van der Waals surface area contributed by atoms with Crippen LogP contribution in [0.5, 0.6) is 5.75 Å². The topological polar surface area (TPSA) is 70.1 Å². The molecule has 0 aliphatic carbocycles. The maximum Gasteiger partial charge on any atom is 0.315 e. The highest BCUT2D eigenvalue weighted by Gasteiger charge is 2.57. The van der Waals surface area contributed by atoms with Crippen molar-refractivity contribution in [1.82, 2.24) is 9.80 Å². The minimum atomic E-state index is -1.11. The smallest absolute Gasteiger partial charge is 0.315 e. The number of para-hydroxylation sites is 1. The molecule has 0 aromatic heterocycles. The van der Waals surface area contributed by atoms with E-state index in [1.165, 1.54) is 0 Å². The molecule has 1 unspecified atom stereocenters. The van der Waals surface area contributed by atoms with Gasteiger partial charge in [0.2, 0.25) is 0 Å². The Hall–Kier alpha value is -2.86. The molecule has 4 rings (SSSR count). The van der Waals surface area contributed by atoms with E-state index in [2.05, 4.69) is 0 Å². The predicted molar refractivity (Wildman–Crippen MR) is 104 cm³/mol. The molecule has 0 spiro atoms. The average molecular weight is 380 g/mol. The van der Waals surface area contributed by atoms with Gasteiger partial charge in [-0.25, -0.2) is 0 Å². The van der Waals surface area contributed by atoms with Gasteiger partial charge < -0.3 is 19.6 Å². The molecule has 2 aliphatic heterocycles. The van der Waals surface area contributed by atoms with E-state index in [0.29, 0.717) is 17.9 Å². The summed E-state index contributed by atoms with van der Waals surface area (Å²) in [5.41, 5.74) is 1.40. The molecule has 2 atom stereocenters. The number of ether oxygens (including phenoxy) is 1. The Morgan fingerprint density at radius 3 is 2.75 bits per heavy atom. The number of hydrogen-bond donors (Lipinski definition) is 1. The van der Waals surface area contributed by atoms with Crippen LogP contribution in [0, 0.1) is 5.41 Å². The van der Waals surface area contributed by atoms with Gasteiger partial charge in [0.05, 0.1) is 0 Å². The lowest BCUT2D eigenvalue weighted by Crippen LogP contribution is -2.46. The molecule has 0 radical (unpaired) electrons. The third-order valence-corrected chi connectivity index (χ3v) is 5.71. The SMILES string of the molecule is CN(C)Cc1cccc(C(=O)N2CC3c4ccccc4OC[C@]3(C(=O)O)C2)c1. The normalized spacial score (nSPS) is 23.1. The van der Waals surface area contributed by atoms with Crippen LogP contribution in [-0.2, 0) is 11.3 Å². The number of aliphatic carboxylic acids is 1. The fourth-order valence-corrected chi connectivity index (χ4v) is 4.34. The van der Waals surface area contributed by atoms with E-state index >= 15 is 0 Å². The van der Waals surface area contributed by atoms with Crippen molar-refractivity contribution in [3.63, 3.8) is 0 Å². The van der Waals surface area contributed by atoms with Gasteiger partial charge in [-0.3, -0.25) is 9.59 Å². The molecule has 2 aliphatic rings. The zero-order valence-electron chi connectivity index (χ0n) is 16.1. The lowest BCUT2D eigenvalue weighted by molar-refractivity contribution is -0.151. The summed E-state index contributed by atoms with van der Waals surface area (Å²) in [6.45, 7) is 1.35. The Morgan fingerprint density at radius 2 is 2.00 bits per heavy atom. The maximum atomic E-state index is 13.2. The fourth-order valence-electron chi connectivity index (χ4n) is 4.34. The van der Waals surface area contributed by atoms with Crippen molar-refractivity contribution >= 4 is 11.9 Å². The minimum absolute atomic E-state index is 0.0778. The summed E-state index contributed by atoms with van der Waals surface area (Å²) in [6, 6.07) is 15.1. The molecule has 1 N–H and O–H groups in total. The van der Waals surface area contributed by atoms with Crippen LogP contribution in [0.1, 0.15) is 27.4 Å². The molecule has 28 heavy (non-hydrogen) atoms. The van der Waals surface area contributed by atoms with Crippen molar-refractivity contribution in [3.05, 3.63) is 65.2 Å².